The zero-order valence-corrected chi connectivity index (χ0v) is 72.4. The molecule has 0 bridgehead atoms. The lowest BCUT2D eigenvalue weighted by molar-refractivity contribution is -0.161. The number of rotatable bonds is 86. The molecule has 4 unspecified atom stereocenters. The second-order valence-corrected chi connectivity index (χ2v) is 35.5. The summed E-state index contributed by atoms with van der Waals surface area (Å²) < 4.78 is 69.0. The van der Waals surface area contributed by atoms with Crippen LogP contribution in [0.15, 0.2) is 0 Å². The molecule has 0 aliphatic rings. The van der Waals surface area contributed by atoms with Crippen molar-refractivity contribution in [1.82, 2.24) is 0 Å². The molecule has 0 aliphatic carbocycles. The van der Waals surface area contributed by atoms with Crippen LogP contribution in [0.1, 0.15) is 466 Å². The molecule has 0 amide bonds. The third-order valence-corrected chi connectivity index (χ3v) is 23.3. The largest absolute Gasteiger partial charge is 0.472 e. The van der Waals surface area contributed by atoms with Gasteiger partial charge in [0.05, 0.1) is 26.4 Å². The number of aliphatic hydroxyl groups is 1. The summed E-state index contributed by atoms with van der Waals surface area (Å²) >= 11 is 0. The minimum Gasteiger partial charge on any atom is -0.462 e. The Balaban J connectivity index is 5.26. The van der Waals surface area contributed by atoms with E-state index in [1.165, 1.54) is 276 Å². The average Bonchev–Trinajstić information content (AvgIpc) is 0.901. The second-order valence-electron chi connectivity index (χ2n) is 32.6. The van der Waals surface area contributed by atoms with Gasteiger partial charge in [0, 0.05) is 25.7 Å². The van der Waals surface area contributed by atoms with Crippen molar-refractivity contribution < 1.29 is 80.2 Å². The van der Waals surface area contributed by atoms with E-state index in [2.05, 4.69) is 48.5 Å². The first-order valence-corrected chi connectivity index (χ1v) is 48.4. The summed E-state index contributed by atoms with van der Waals surface area (Å²) in [7, 11) is -9.93. The molecule has 17 nitrogen and oxygen atoms in total. The molecule has 0 saturated heterocycles. The van der Waals surface area contributed by atoms with E-state index in [9.17, 15) is 43.2 Å². The maximum atomic E-state index is 13.2. The van der Waals surface area contributed by atoms with Gasteiger partial charge in [-0.15, -0.1) is 0 Å². The van der Waals surface area contributed by atoms with E-state index in [1.807, 2.05) is 0 Å². The number of ether oxygens (including phenoxy) is 4. The molecular weight excluding hydrogens is 1390 g/mol. The maximum absolute atomic E-state index is 13.2. The molecule has 636 valence electrons. The van der Waals surface area contributed by atoms with Gasteiger partial charge in [0.25, 0.3) is 0 Å². The molecule has 0 aromatic rings. The number of phosphoric acid groups is 2. The van der Waals surface area contributed by atoms with Gasteiger partial charge in [-0.2, -0.15) is 0 Å². The molecule has 7 atom stereocenters. The molecular formula is C88H172O17P2. The number of carbonyl (C=O) groups excluding carboxylic acids is 4. The zero-order valence-electron chi connectivity index (χ0n) is 70.6. The van der Waals surface area contributed by atoms with E-state index in [4.69, 9.17) is 37.0 Å². The van der Waals surface area contributed by atoms with Crippen molar-refractivity contribution in [3.63, 3.8) is 0 Å². The van der Waals surface area contributed by atoms with E-state index in [0.717, 1.165) is 108 Å². The van der Waals surface area contributed by atoms with Crippen molar-refractivity contribution in [1.29, 1.82) is 0 Å². The summed E-state index contributed by atoms with van der Waals surface area (Å²) in [5.74, 6) is 0.347. The third-order valence-electron chi connectivity index (χ3n) is 21.4. The lowest BCUT2D eigenvalue weighted by atomic mass is 9.99. The second kappa shape index (κ2) is 78.0. The van der Waals surface area contributed by atoms with Gasteiger partial charge in [-0.1, -0.05) is 414 Å². The summed E-state index contributed by atoms with van der Waals surface area (Å²) in [6.07, 6.45) is 69.3. The first kappa shape index (κ1) is 105. The Morgan fingerprint density at radius 3 is 0.710 bits per heavy atom. The smallest absolute Gasteiger partial charge is 0.462 e. The van der Waals surface area contributed by atoms with Crippen LogP contribution < -0.4 is 0 Å². The molecule has 0 saturated carbocycles. The lowest BCUT2D eigenvalue weighted by Crippen LogP contribution is -2.30. The maximum Gasteiger partial charge on any atom is 0.472 e. The van der Waals surface area contributed by atoms with E-state index < -0.39 is 97.5 Å². The average molecular weight is 1560 g/mol. The van der Waals surface area contributed by atoms with Gasteiger partial charge in [-0.05, 0) is 43.4 Å². The van der Waals surface area contributed by atoms with Crippen LogP contribution in [0.25, 0.3) is 0 Å². The van der Waals surface area contributed by atoms with Crippen LogP contribution in [0.5, 0.6) is 0 Å². The van der Waals surface area contributed by atoms with Gasteiger partial charge in [-0.25, -0.2) is 9.13 Å². The van der Waals surface area contributed by atoms with Crippen molar-refractivity contribution in [3.8, 4) is 0 Å². The van der Waals surface area contributed by atoms with Gasteiger partial charge in [0.1, 0.15) is 19.3 Å². The van der Waals surface area contributed by atoms with Crippen molar-refractivity contribution >= 4 is 39.5 Å². The molecule has 0 rings (SSSR count). The summed E-state index contributed by atoms with van der Waals surface area (Å²) in [5, 5.41) is 10.7. The molecule has 19 heteroatoms. The van der Waals surface area contributed by atoms with Gasteiger partial charge in [0.15, 0.2) is 12.2 Å². The molecule has 0 radical (unpaired) electrons. The fourth-order valence-corrected chi connectivity index (χ4v) is 15.2. The van der Waals surface area contributed by atoms with Gasteiger partial charge < -0.3 is 33.8 Å². The summed E-state index contributed by atoms with van der Waals surface area (Å²) in [6.45, 7) is 12.1. The molecule has 0 spiro atoms. The van der Waals surface area contributed by atoms with Crippen LogP contribution in [0, 0.1) is 17.8 Å². The van der Waals surface area contributed by atoms with E-state index >= 15 is 0 Å². The molecule has 0 aromatic heterocycles. The van der Waals surface area contributed by atoms with Crippen LogP contribution in [0.2, 0.25) is 0 Å². The fraction of sp³-hybridized carbons (Fsp3) is 0.955. The van der Waals surface area contributed by atoms with Crippen LogP contribution in [0.4, 0.5) is 0 Å². The highest BCUT2D eigenvalue weighted by Crippen LogP contribution is 2.45. The lowest BCUT2D eigenvalue weighted by Gasteiger charge is -2.21. The normalized spacial score (nSPS) is 14.3. The SMILES string of the molecule is CCCCCCCCCCCCCCCCCCC(=O)O[C@H](COC(=O)CCCCCCCCCCC(C)CC)COP(=O)(O)OC[C@H](O)COP(=O)(O)OC[C@@H](COC(=O)CCCCCCCCCCCCCCCCC(C)CC)OC(=O)CCCCCCCCCCCCCCCCCCCCC(C)C. The molecule has 0 aliphatic heterocycles. The molecule has 0 aromatic carbocycles. The standard InChI is InChI=1S/C88H172O17P2/c1-8-11-12-13-14-15-16-17-18-24-31-36-41-50-57-64-71-88(93)105-84(76-99-86(91)70-63-56-49-44-43-47-54-61-68-81(7)10-3)78-103-107(96,97)101-74-82(89)73-100-106(94,95)102-77-83(75-98-85(90)69-62-55-48-40-35-30-27-26-29-34-39-46-53-60-67-80(6)9-2)104-87(92)72-65-58-51-42-37-32-25-22-20-19-21-23-28-33-38-45-52-59-66-79(4)5/h79-84,89H,8-78H2,1-7H3,(H,94,95)(H,96,97)/t80?,81?,82-,83-,84-/m1/s1. The number of aliphatic hydroxyl groups excluding tert-OH is 1. The number of phosphoric ester groups is 2. The summed E-state index contributed by atoms with van der Waals surface area (Å²) in [4.78, 5) is 73.3. The monoisotopic (exact) mass is 1560 g/mol. The quantitative estimate of drug-likeness (QED) is 0.0222. The summed E-state index contributed by atoms with van der Waals surface area (Å²) in [5.41, 5.74) is 0. The number of unbranched alkanes of at least 4 members (excludes halogenated alkanes) is 52. The minimum atomic E-state index is -4.97. The minimum absolute atomic E-state index is 0.108. The summed E-state index contributed by atoms with van der Waals surface area (Å²) in [6, 6.07) is 0. The van der Waals surface area contributed by atoms with Crippen molar-refractivity contribution in [2.45, 2.75) is 484 Å². The first-order valence-electron chi connectivity index (χ1n) is 45.4. The van der Waals surface area contributed by atoms with Gasteiger partial charge in [0.2, 0.25) is 0 Å². The van der Waals surface area contributed by atoms with E-state index in [0.29, 0.717) is 25.7 Å². The molecule has 3 N–H and O–H groups in total. The Hall–Kier alpha value is -1.94. The number of esters is 4. The topological polar surface area (TPSA) is 237 Å². The Bertz CT molecular complexity index is 2060. The predicted octanol–water partition coefficient (Wildman–Crippen LogP) is 26.9. The van der Waals surface area contributed by atoms with Crippen molar-refractivity contribution in [3.05, 3.63) is 0 Å². The predicted molar refractivity (Wildman–Crippen MR) is 441 cm³/mol. The molecule has 107 heavy (non-hydrogen) atoms. The first-order chi connectivity index (χ1) is 51.8. The van der Waals surface area contributed by atoms with Gasteiger partial charge >= 0.3 is 39.5 Å². The number of hydrogen-bond acceptors (Lipinski definition) is 15. The van der Waals surface area contributed by atoms with Crippen LogP contribution in [-0.2, 0) is 65.4 Å². The Labute approximate surface area is 658 Å². The van der Waals surface area contributed by atoms with E-state index in [-0.39, 0.29) is 25.7 Å². The third kappa shape index (κ3) is 79.1. The van der Waals surface area contributed by atoms with E-state index in [1.54, 1.807) is 0 Å². The van der Waals surface area contributed by atoms with Crippen molar-refractivity contribution in [2.24, 2.45) is 17.8 Å². The highest BCUT2D eigenvalue weighted by molar-refractivity contribution is 7.47. The van der Waals surface area contributed by atoms with Gasteiger partial charge in [-0.3, -0.25) is 37.3 Å². The van der Waals surface area contributed by atoms with Crippen LogP contribution in [0.3, 0.4) is 0 Å². The molecule has 0 heterocycles. The van der Waals surface area contributed by atoms with Crippen molar-refractivity contribution in [2.75, 3.05) is 39.6 Å². The fourth-order valence-electron chi connectivity index (χ4n) is 13.7. The number of carbonyl (C=O) groups is 4. The van der Waals surface area contributed by atoms with Crippen LogP contribution in [-0.4, -0.2) is 96.7 Å². The Kier molecular flexibility index (Phi) is 76.6. The number of hydrogen-bond donors (Lipinski definition) is 3. The Morgan fingerprint density at radius 1 is 0.271 bits per heavy atom. The molecule has 0 fully saturated rings. The zero-order chi connectivity index (χ0) is 78.6. The highest BCUT2D eigenvalue weighted by Gasteiger charge is 2.31. The Morgan fingerprint density at radius 2 is 0.477 bits per heavy atom. The van der Waals surface area contributed by atoms with Crippen LogP contribution >= 0.6 is 15.6 Å². The highest BCUT2D eigenvalue weighted by atomic mass is 31.2.